The number of nitrogens with zero attached hydrogens (tertiary/aromatic N) is 4. The molecule has 4 rings (SSSR count). The fourth-order valence-corrected chi connectivity index (χ4v) is 3.57. The summed E-state index contributed by atoms with van der Waals surface area (Å²) in [6.07, 6.45) is 0. The number of benzene rings is 2. The van der Waals surface area contributed by atoms with Gasteiger partial charge in [-0.1, -0.05) is 36.4 Å². The van der Waals surface area contributed by atoms with Crippen LogP contribution < -0.4 is 10.9 Å². The van der Waals surface area contributed by atoms with Crippen LogP contribution in [-0.4, -0.2) is 25.5 Å². The number of aromatic hydroxyl groups is 1. The summed E-state index contributed by atoms with van der Waals surface area (Å²) in [5.41, 5.74) is 3.62. The molecule has 0 aliphatic heterocycles. The van der Waals surface area contributed by atoms with Crippen molar-refractivity contribution in [1.29, 1.82) is 0 Å². The van der Waals surface area contributed by atoms with Gasteiger partial charge in [0.2, 0.25) is 17.7 Å². The first kappa shape index (κ1) is 21.0. The van der Waals surface area contributed by atoms with E-state index in [4.69, 9.17) is 0 Å². The molecule has 0 unspecified atom stereocenters. The van der Waals surface area contributed by atoms with Crippen LogP contribution in [-0.2, 0) is 11.3 Å². The number of aromatic amines is 1. The van der Waals surface area contributed by atoms with Gasteiger partial charge >= 0.3 is 0 Å². The monoisotopic (exact) mass is 430 g/mol. The molecule has 2 heterocycles. The SMILES string of the molecule is Cc1cc(=O)[nH]c(N=Nc2c(O)n(CC(=O)Nc3c(C)cccc3C)c3ccccc23)n1. The van der Waals surface area contributed by atoms with Crippen molar-refractivity contribution in [2.75, 3.05) is 5.32 Å². The fraction of sp³-hybridized carbons (Fsp3) is 0.174. The Morgan fingerprint density at radius 1 is 1.09 bits per heavy atom. The van der Waals surface area contributed by atoms with Crippen molar-refractivity contribution in [3.8, 4) is 5.88 Å². The molecule has 1 amide bonds. The lowest BCUT2D eigenvalue weighted by atomic mass is 10.1. The zero-order valence-corrected chi connectivity index (χ0v) is 17.9. The molecule has 9 nitrogen and oxygen atoms in total. The number of H-pyrrole nitrogens is 1. The van der Waals surface area contributed by atoms with Crippen LogP contribution in [0.2, 0.25) is 0 Å². The molecule has 0 spiro atoms. The fourth-order valence-electron chi connectivity index (χ4n) is 3.57. The average Bonchev–Trinajstić information content (AvgIpc) is 3.00. The minimum atomic E-state index is -0.346. The van der Waals surface area contributed by atoms with Crippen LogP contribution in [0.3, 0.4) is 0 Å². The third kappa shape index (κ3) is 4.13. The van der Waals surface area contributed by atoms with E-state index in [1.54, 1.807) is 25.1 Å². The van der Waals surface area contributed by atoms with Gasteiger partial charge in [-0.3, -0.25) is 14.6 Å². The molecule has 0 saturated heterocycles. The summed E-state index contributed by atoms with van der Waals surface area (Å²) in [4.78, 5) is 31.0. The number of aromatic nitrogens is 3. The van der Waals surface area contributed by atoms with E-state index in [1.807, 2.05) is 38.1 Å². The Hall–Kier alpha value is -4.27. The van der Waals surface area contributed by atoms with Crippen molar-refractivity contribution < 1.29 is 9.90 Å². The summed E-state index contributed by atoms with van der Waals surface area (Å²) >= 11 is 0. The second-order valence-electron chi connectivity index (χ2n) is 7.50. The van der Waals surface area contributed by atoms with Crippen molar-refractivity contribution in [2.45, 2.75) is 27.3 Å². The highest BCUT2D eigenvalue weighted by Gasteiger charge is 2.19. The quantitative estimate of drug-likeness (QED) is 0.406. The smallest absolute Gasteiger partial charge is 0.252 e. The van der Waals surface area contributed by atoms with Crippen LogP contribution in [0.25, 0.3) is 10.9 Å². The normalized spacial score (nSPS) is 11.3. The van der Waals surface area contributed by atoms with Gasteiger partial charge in [-0.2, -0.15) is 0 Å². The topological polar surface area (TPSA) is 125 Å². The van der Waals surface area contributed by atoms with Crippen molar-refractivity contribution in [3.05, 3.63) is 75.7 Å². The number of azo groups is 1. The van der Waals surface area contributed by atoms with Gasteiger partial charge in [0, 0.05) is 22.8 Å². The van der Waals surface area contributed by atoms with Crippen LogP contribution >= 0.6 is 0 Å². The Balaban J connectivity index is 1.69. The highest BCUT2D eigenvalue weighted by atomic mass is 16.3. The summed E-state index contributed by atoms with van der Waals surface area (Å²) in [5.74, 6) is -0.466. The number of nitrogens with one attached hydrogen (secondary N) is 2. The lowest BCUT2D eigenvalue weighted by molar-refractivity contribution is -0.116. The van der Waals surface area contributed by atoms with E-state index < -0.39 is 0 Å². The Morgan fingerprint density at radius 3 is 2.53 bits per heavy atom. The predicted octanol–water partition coefficient (Wildman–Crippen LogP) is 4.41. The Bertz CT molecular complexity index is 1400. The van der Waals surface area contributed by atoms with E-state index in [0.29, 0.717) is 16.6 Å². The number of fused-ring (bicyclic) bond motifs is 1. The van der Waals surface area contributed by atoms with E-state index in [9.17, 15) is 14.7 Å². The number of hydrogen-bond donors (Lipinski definition) is 3. The standard InChI is InChI=1S/C23H22N6O3/c1-13-7-6-8-14(2)20(13)25-19(31)12-29-17-10-5-4-9-16(17)21(22(29)32)27-28-23-24-15(3)11-18(30)26-23/h4-11,32H,12H2,1-3H3,(H,25,31)(H,24,26,30). The molecule has 3 N–H and O–H groups in total. The van der Waals surface area contributed by atoms with Gasteiger partial charge < -0.3 is 15.0 Å². The second-order valence-corrected chi connectivity index (χ2v) is 7.50. The van der Waals surface area contributed by atoms with Gasteiger partial charge in [0.05, 0.1) is 5.52 Å². The van der Waals surface area contributed by atoms with Crippen LogP contribution in [0.1, 0.15) is 16.8 Å². The molecule has 0 aliphatic rings. The van der Waals surface area contributed by atoms with Gasteiger partial charge in [-0.05, 0) is 38.0 Å². The number of para-hydroxylation sites is 2. The number of carbonyl (C=O) groups is 1. The summed E-state index contributed by atoms with van der Waals surface area (Å²) < 4.78 is 1.47. The van der Waals surface area contributed by atoms with Gasteiger partial charge in [0.1, 0.15) is 6.54 Å². The second kappa shape index (κ2) is 8.46. The average molecular weight is 430 g/mol. The number of aryl methyl sites for hydroxylation is 3. The minimum absolute atomic E-state index is 0.0269. The molecule has 9 heteroatoms. The predicted molar refractivity (Wildman–Crippen MR) is 122 cm³/mol. The van der Waals surface area contributed by atoms with Crippen molar-refractivity contribution in [3.63, 3.8) is 0 Å². The first-order valence-electron chi connectivity index (χ1n) is 9.99. The van der Waals surface area contributed by atoms with E-state index in [0.717, 1.165) is 16.8 Å². The molecule has 0 bridgehead atoms. The summed E-state index contributed by atoms with van der Waals surface area (Å²) in [6, 6.07) is 14.3. The van der Waals surface area contributed by atoms with Crippen molar-refractivity contribution in [1.82, 2.24) is 14.5 Å². The third-order valence-electron chi connectivity index (χ3n) is 5.07. The minimum Gasteiger partial charge on any atom is -0.493 e. The number of carbonyl (C=O) groups excluding carboxylic acids is 1. The zero-order valence-electron chi connectivity index (χ0n) is 17.9. The lowest BCUT2D eigenvalue weighted by Gasteiger charge is -2.12. The maximum Gasteiger partial charge on any atom is 0.252 e. The first-order chi connectivity index (χ1) is 15.3. The van der Waals surface area contributed by atoms with E-state index in [1.165, 1.54) is 10.6 Å². The maximum atomic E-state index is 12.8. The zero-order chi connectivity index (χ0) is 22.8. The number of anilines is 1. The van der Waals surface area contributed by atoms with Crippen molar-refractivity contribution in [2.24, 2.45) is 10.2 Å². The first-order valence-corrected chi connectivity index (χ1v) is 9.99. The summed E-state index contributed by atoms with van der Waals surface area (Å²) in [5, 5.41) is 22.5. The summed E-state index contributed by atoms with van der Waals surface area (Å²) in [7, 11) is 0. The van der Waals surface area contributed by atoms with Crippen molar-refractivity contribution >= 4 is 34.1 Å². The molecular weight excluding hydrogens is 408 g/mol. The molecule has 0 saturated carbocycles. The van der Waals surface area contributed by atoms with Crippen LogP contribution in [0.15, 0.2) is 63.6 Å². The number of rotatable bonds is 5. The molecule has 0 aliphatic carbocycles. The lowest BCUT2D eigenvalue weighted by Crippen LogP contribution is -2.19. The molecule has 0 atom stereocenters. The van der Waals surface area contributed by atoms with Crippen LogP contribution in [0.5, 0.6) is 5.88 Å². The number of amides is 1. The molecule has 0 radical (unpaired) electrons. The maximum absolute atomic E-state index is 12.8. The molecule has 2 aromatic heterocycles. The van der Waals surface area contributed by atoms with Gasteiger partial charge in [-0.15, -0.1) is 10.2 Å². The van der Waals surface area contributed by atoms with Crippen LogP contribution in [0, 0.1) is 20.8 Å². The van der Waals surface area contributed by atoms with Crippen LogP contribution in [0.4, 0.5) is 17.3 Å². The largest absolute Gasteiger partial charge is 0.493 e. The van der Waals surface area contributed by atoms with E-state index in [2.05, 4.69) is 25.5 Å². The highest BCUT2D eigenvalue weighted by molar-refractivity contribution is 5.98. The summed E-state index contributed by atoms with van der Waals surface area (Å²) in [6.45, 7) is 5.40. The van der Waals surface area contributed by atoms with Gasteiger partial charge in [-0.25, -0.2) is 4.98 Å². The van der Waals surface area contributed by atoms with E-state index >= 15 is 0 Å². The Labute approximate surface area is 183 Å². The van der Waals surface area contributed by atoms with E-state index in [-0.39, 0.29) is 35.5 Å². The third-order valence-corrected chi connectivity index (χ3v) is 5.07. The molecule has 32 heavy (non-hydrogen) atoms. The highest BCUT2D eigenvalue weighted by Crippen LogP contribution is 2.39. The Morgan fingerprint density at radius 2 is 1.81 bits per heavy atom. The van der Waals surface area contributed by atoms with Gasteiger partial charge in [0.25, 0.3) is 5.56 Å². The molecule has 162 valence electrons. The Kier molecular flexibility index (Phi) is 5.55. The molecule has 4 aromatic rings. The van der Waals surface area contributed by atoms with Gasteiger partial charge in [0.15, 0.2) is 5.69 Å². The molecule has 0 fully saturated rings. The molecular formula is C23H22N6O3. The number of hydrogen-bond acceptors (Lipinski definition) is 6. The molecule has 2 aromatic carbocycles.